The summed E-state index contributed by atoms with van der Waals surface area (Å²) >= 11 is 0. The topological polar surface area (TPSA) is 93.3 Å². The molecule has 4 rings (SSSR count). The number of aromatic nitrogens is 4. The molecule has 0 aliphatic rings. The molecule has 0 atom stereocenters. The summed E-state index contributed by atoms with van der Waals surface area (Å²) in [6, 6.07) is 12.8. The number of fused-ring (bicyclic) bond motifs is 1. The van der Waals surface area contributed by atoms with Crippen LogP contribution in [0.25, 0.3) is 16.7 Å². The molecule has 0 bridgehead atoms. The van der Waals surface area contributed by atoms with E-state index in [9.17, 15) is 10.0 Å². The van der Waals surface area contributed by atoms with Gasteiger partial charge in [-0.05, 0) is 42.5 Å². The maximum atomic E-state index is 12.6. The van der Waals surface area contributed by atoms with Crippen molar-refractivity contribution in [3.05, 3.63) is 84.7 Å². The van der Waals surface area contributed by atoms with E-state index in [2.05, 4.69) is 20.1 Å². The zero-order chi connectivity index (χ0) is 17.9. The van der Waals surface area contributed by atoms with Gasteiger partial charge in [-0.3, -0.25) is 14.8 Å². The molecule has 0 saturated heterocycles. The fraction of sp³-hybridized carbons (Fsp3) is 0. The molecule has 0 spiro atoms. The van der Waals surface area contributed by atoms with Gasteiger partial charge in [-0.15, -0.1) is 0 Å². The molecule has 26 heavy (non-hydrogen) atoms. The van der Waals surface area contributed by atoms with Crippen molar-refractivity contribution in [3.8, 4) is 5.69 Å². The van der Waals surface area contributed by atoms with Crippen LogP contribution in [-0.2, 0) is 0 Å². The van der Waals surface area contributed by atoms with Gasteiger partial charge in [-0.1, -0.05) is 5.16 Å². The van der Waals surface area contributed by atoms with Gasteiger partial charge in [0.15, 0.2) is 5.71 Å². The van der Waals surface area contributed by atoms with Gasteiger partial charge >= 0.3 is 0 Å². The molecule has 0 unspecified atom stereocenters. The first-order valence-corrected chi connectivity index (χ1v) is 7.83. The second kappa shape index (κ2) is 6.56. The quantitative estimate of drug-likeness (QED) is 0.266. The Morgan fingerprint density at radius 1 is 1.00 bits per heavy atom. The van der Waals surface area contributed by atoms with Crippen LogP contribution in [0.2, 0.25) is 0 Å². The monoisotopic (exact) mass is 343 g/mol. The molecule has 0 fully saturated rings. The minimum absolute atomic E-state index is 0.154. The summed E-state index contributed by atoms with van der Waals surface area (Å²) in [6.07, 6.45) is 7.95. The summed E-state index contributed by atoms with van der Waals surface area (Å²) in [5, 5.41) is 13.4. The Bertz CT molecular complexity index is 1100. The average Bonchev–Trinajstić information content (AvgIpc) is 3.13. The second-order valence-electron chi connectivity index (χ2n) is 5.52. The molecule has 3 aromatic heterocycles. The minimum Gasteiger partial charge on any atom is -0.410 e. The summed E-state index contributed by atoms with van der Waals surface area (Å²) in [5.41, 5.74) is 2.15. The molecular formula is C19H13N5O2. The maximum Gasteiger partial charge on any atom is 0.217 e. The van der Waals surface area contributed by atoms with Crippen LogP contribution in [0.4, 0.5) is 0 Å². The average molecular weight is 343 g/mol. The number of oxime groups is 1. The number of carbonyl (C=O) groups is 1. The molecule has 4 aromatic rings. The zero-order valence-corrected chi connectivity index (χ0v) is 13.5. The van der Waals surface area contributed by atoms with Crippen molar-refractivity contribution in [3.63, 3.8) is 0 Å². The number of hydrogen-bond acceptors (Lipinski definition) is 6. The molecule has 1 aromatic carbocycles. The Balaban J connectivity index is 1.66. The highest BCUT2D eigenvalue weighted by Crippen LogP contribution is 2.19. The van der Waals surface area contributed by atoms with Gasteiger partial charge in [0.25, 0.3) is 0 Å². The fourth-order valence-electron chi connectivity index (χ4n) is 2.72. The molecule has 7 heteroatoms. The number of hydrogen-bond donors (Lipinski definition) is 1. The number of ketones is 1. The maximum absolute atomic E-state index is 12.6. The Labute approximate surface area is 148 Å². The van der Waals surface area contributed by atoms with E-state index >= 15 is 0 Å². The number of nitrogens with zero attached hydrogens (tertiary/aromatic N) is 5. The first-order valence-electron chi connectivity index (χ1n) is 7.83. The Hall–Kier alpha value is -3.87. The van der Waals surface area contributed by atoms with Crippen LogP contribution in [-0.4, -0.2) is 36.2 Å². The summed E-state index contributed by atoms with van der Waals surface area (Å²) in [7, 11) is 0. The molecule has 0 aliphatic heterocycles. The normalized spacial score (nSPS) is 11.6. The van der Waals surface area contributed by atoms with Gasteiger partial charge in [-0.25, -0.2) is 4.98 Å². The molecule has 126 valence electrons. The van der Waals surface area contributed by atoms with E-state index in [1.807, 2.05) is 41.1 Å². The largest absolute Gasteiger partial charge is 0.410 e. The minimum atomic E-state index is -0.435. The van der Waals surface area contributed by atoms with Crippen LogP contribution in [0, 0.1) is 0 Å². The summed E-state index contributed by atoms with van der Waals surface area (Å²) in [4.78, 5) is 24.9. The highest BCUT2D eigenvalue weighted by Gasteiger charge is 2.18. The van der Waals surface area contributed by atoms with E-state index in [4.69, 9.17) is 0 Å². The van der Waals surface area contributed by atoms with E-state index in [-0.39, 0.29) is 11.4 Å². The van der Waals surface area contributed by atoms with Gasteiger partial charge in [0.05, 0.1) is 6.20 Å². The lowest BCUT2D eigenvalue weighted by atomic mass is 10.0. The molecule has 0 saturated carbocycles. The molecule has 0 aliphatic carbocycles. The van der Waals surface area contributed by atoms with Crippen molar-refractivity contribution in [1.82, 2.24) is 19.5 Å². The first-order chi connectivity index (χ1) is 12.8. The molecular weight excluding hydrogens is 330 g/mol. The van der Waals surface area contributed by atoms with Gasteiger partial charge in [0, 0.05) is 41.4 Å². The summed E-state index contributed by atoms with van der Waals surface area (Å²) in [5.74, 6) is -0.435. The lowest BCUT2D eigenvalue weighted by molar-refractivity contribution is 0.106. The van der Waals surface area contributed by atoms with Crippen LogP contribution < -0.4 is 0 Å². The fourth-order valence-corrected chi connectivity index (χ4v) is 2.72. The predicted octanol–water partition coefficient (Wildman–Crippen LogP) is 2.88. The second-order valence-corrected chi connectivity index (χ2v) is 5.52. The third-order valence-electron chi connectivity index (χ3n) is 3.98. The van der Waals surface area contributed by atoms with Crippen LogP contribution in [0.3, 0.4) is 0 Å². The van der Waals surface area contributed by atoms with Crippen molar-refractivity contribution in [1.29, 1.82) is 0 Å². The van der Waals surface area contributed by atoms with Crippen LogP contribution in [0.15, 0.2) is 78.6 Å². The summed E-state index contributed by atoms with van der Waals surface area (Å²) < 4.78 is 1.94. The lowest BCUT2D eigenvalue weighted by Gasteiger charge is -2.07. The number of benzene rings is 1. The molecule has 7 nitrogen and oxygen atoms in total. The molecule has 1 N–H and O–H groups in total. The standard InChI is InChI=1S/C19H13N5O2/c25-18(17(23-26)16-12-20-9-10-21-16)13-3-5-15(6-4-13)24-11-7-14-2-1-8-22-19(14)24/h1-12,26H. The van der Waals surface area contributed by atoms with Crippen LogP contribution in [0.1, 0.15) is 16.1 Å². The molecule has 0 radical (unpaired) electrons. The summed E-state index contributed by atoms with van der Waals surface area (Å²) in [6.45, 7) is 0. The van der Waals surface area contributed by atoms with E-state index in [1.165, 1.54) is 18.6 Å². The van der Waals surface area contributed by atoms with Gasteiger partial charge in [0.2, 0.25) is 5.78 Å². The number of Topliss-reactive ketones (excluding diaryl/α,β-unsaturated/α-hetero) is 1. The van der Waals surface area contributed by atoms with Crippen LogP contribution >= 0.6 is 0 Å². The van der Waals surface area contributed by atoms with E-state index in [0.29, 0.717) is 5.56 Å². The Morgan fingerprint density at radius 2 is 1.85 bits per heavy atom. The zero-order valence-electron chi connectivity index (χ0n) is 13.5. The van der Waals surface area contributed by atoms with E-state index in [0.717, 1.165) is 16.7 Å². The first kappa shape index (κ1) is 15.6. The van der Waals surface area contributed by atoms with E-state index in [1.54, 1.807) is 18.3 Å². The number of pyridine rings is 1. The SMILES string of the molecule is O=C(C(=NO)c1cnccn1)c1ccc(-n2ccc3cccnc32)cc1. The van der Waals surface area contributed by atoms with Crippen molar-refractivity contribution in [2.45, 2.75) is 0 Å². The van der Waals surface area contributed by atoms with Crippen molar-refractivity contribution >= 4 is 22.5 Å². The van der Waals surface area contributed by atoms with Crippen molar-refractivity contribution < 1.29 is 10.0 Å². The van der Waals surface area contributed by atoms with Crippen molar-refractivity contribution in [2.24, 2.45) is 5.16 Å². The number of carbonyl (C=O) groups excluding carboxylic acids is 1. The number of rotatable bonds is 4. The predicted molar refractivity (Wildman–Crippen MR) is 95.8 cm³/mol. The highest BCUT2D eigenvalue weighted by molar-refractivity contribution is 6.50. The van der Waals surface area contributed by atoms with E-state index < -0.39 is 5.78 Å². The highest BCUT2D eigenvalue weighted by atomic mass is 16.4. The third-order valence-corrected chi connectivity index (χ3v) is 3.98. The van der Waals surface area contributed by atoms with Crippen LogP contribution in [0.5, 0.6) is 0 Å². The Kier molecular flexibility index (Phi) is 3.95. The Morgan fingerprint density at radius 3 is 2.58 bits per heavy atom. The van der Waals surface area contributed by atoms with Gasteiger partial charge < -0.3 is 9.77 Å². The van der Waals surface area contributed by atoms with Gasteiger partial charge in [0.1, 0.15) is 11.3 Å². The van der Waals surface area contributed by atoms with Gasteiger partial charge in [-0.2, -0.15) is 0 Å². The van der Waals surface area contributed by atoms with Crippen molar-refractivity contribution in [2.75, 3.05) is 0 Å². The lowest BCUT2D eigenvalue weighted by Crippen LogP contribution is -2.17. The molecule has 0 amide bonds. The third kappa shape index (κ3) is 2.71. The molecule has 3 heterocycles. The smallest absolute Gasteiger partial charge is 0.217 e.